The van der Waals surface area contributed by atoms with E-state index >= 15 is 0 Å². The summed E-state index contributed by atoms with van der Waals surface area (Å²) < 4.78 is 10.8. The number of hydrazone groups is 1. The predicted octanol–water partition coefficient (Wildman–Crippen LogP) is 2.58. The highest BCUT2D eigenvalue weighted by Gasteiger charge is 2.35. The van der Waals surface area contributed by atoms with Crippen LogP contribution in [0.5, 0.6) is 5.75 Å². The molecule has 2 aliphatic heterocycles. The number of para-hydroxylation sites is 2. The minimum Gasteiger partial charge on any atom is -0.497 e. The van der Waals surface area contributed by atoms with E-state index in [0.29, 0.717) is 32.0 Å². The zero-order chi connectivity index (χ0) is 21.2. The summed E-state index contributed by atoms with van der Waals surface area (Å²) in [5, 5.41) is 6.36. The van der Waals surface area contributed by atoms with Gasteiger partial charge in [0.25, 0.3) is 5.91 Å². The van der Waals surface area contributed by atoms with Gasteiger partial charge in [-0.2, -0.15) is 5.10 Å². The van der Waals surface area contributed by atoms with Gasteiger partial charge in [-0.05, 0) is 29.8 Å². The van der Waals surface area contributed by atoms with Crippen LogP contribution in [0.1, 0.15) is 23.9 Å². The summed E-state index contributed by atoms with van der Waals surface area (Å²) in [6.07, 6.45) is 0.585. The Morgan fingerprint density at radius 2 is 2.03 bits per heavy atom. The van der Waals surface area contributed by atoms with E-state index < -0.39 is 0 Å². The Balaban J connectivity index is 1.46. The Kier molecular flexibility index (Phi) is 5.40. The molecule has 1 saturated heterocycles. The van der Waals surface area contributed by atoms with Crippen LogP contribution in [0.4, 0.5) is 0 Å². The third kappa shape index (κ3) is 4.04. The number of imidazole rings is 1. The molecule has 5 rings (SSSR count). The van der Waals surface area contributed by atoms with E-state index in [0.717, 1.165) is 41.1 Å². The van der Waals surface area contributed by atoms with Crippen LogP contribution < -0.4 is 4.74 Å². The molecule has 160 valence electrons. The second-order valence-corrected chi connectivity index (χ2v) is 7.77. The number of aromatic nitrogens is 2. The van der Waals surface area contributed by atoms with Gasteiger partial charge in [0, 0.05) is 19.5 Å². The SMILES string of the molecule is COc1cccc(C2CC(c3nc4ccccc4[nH]3)=NN2C(=O)CN2CCOCC2)c1. The summed E-state index contributed by atoms with van der Waals surface area (Å²) in [7, 11) is 1.64. The van der Waals surface area contributed by atoms with Gasteiger partial charge in [0.1, 0.15) is 11.5 Å². The summed E-state index contributed by atoms with van der Waals surface area (Å²) in [6.45, 7) is 3.13. The number of carbonyl (C=O) groups excluding carboxylic acids is 1. The number of amides is 1. The van der Waals surface area contributed by atoms with Crippen LogP contribution in [0.3, 0.4) is 0 Å². The summed E-state index contributed by atoms with van der Waals surface area (Å²) >= 11 is 0. The summed E-state index contributed by atoms with van der Waals surface area (Å²) in [5.41, 5.74) is 3.61. The average Bonchev–Trinajstić information content (AvgIpc) is 3.44. The van der Waals surface area contributed by atoms with Crippen LogP contribution in [-0.4, -0.2) is 71.5 Å². The Bertz CT molecular complexity index is 1090. The fraction of sp³-hybridized carbons (Fsp3) is 0.348. The van der Waals surface area contributed by atoms with Crippen molar-refractivity contribution in [3.63, 3.8) is 0 Å². The van der Waals surface area contributed by atoms with Crippen molar-refractivity contribution in [2.45, 2.75) is 12.5 Å². The lowest BCUT2D eigenvalue weighted by molar-refractivity contribution is -0.135. The third-order valence-corrected chi connectivity index (χ3v) is 5.77. The first-order valence-corrected chi connectivity index (χ1v) is 10.5. The number of hydrogen-bond acceptors (Lipinski definition) is 6. The molecule has 0 aliphatic carbocycles. The molecule has 8 nitrogen and oxygen atoms in total. The maximum absolute atomic E-state index is 13.3. The van der Waals surface area contributed by atoms with Gasteiger partial charge in [0.2, 0.25) is 0 Å². The topological polar surface area (TPSA) is 83.0 Å². The molecule has 3 heterocycles. The molecule has 1 N–H and O–H groups in total. The minimum atomic E-state index is -0.202. The van der Waals surface area contributed by atoms with E-state index in [1.54, 1.807) is 12.1 Å². The smallest absolute Gasteiger partial charge is 0.257 e. The van der Waals surface area contributed by atoms with Crippen LogP contribution in [0, 0.1) is 0 Å². The molecule has 3 aromatic rings. The van der Waals surface area contributed by atoms with E-state index in [1.165, 1.54) is 0 Å². The van der Waals surface area contributed by atoms with Crippen LogP contribution in [0.25, 0.3) is 11.0 Å². The number of morpholine rings is 1. The molecular weight excluding hydrogens is 394 g/mol. The molecule has 0 saturated carbocycles. The van der Waals surface area contributed by atoms with E-state index in [9.17, 15) is 4.79 Å². The van der Waals surface area contributed by atoms with Crippen LogP contribution in [0.2, 0.25) is 0 Å². The van der Waals surface area contributed by atoms with Crippen LogP contribution >= 0.6 is 0 Å². The minimum absolute atomic E-state index is 0.0270. The largest absolute Gasteiger partial charge is 0.497 e. The molecule has 1 unspecified atom stereocenters. The number of rotatable bonds is 5. The number of nitrogens with one attached hydrogen (secondary N) is 1. The van der Waals surface area contributed by atoms with Gasteiger partial charge in [-0.15, -0.1) is 0 Å². The molecule has 0 radical (unpaired) electrons. The second-order valence-electron chi connectivity index (χ2n) is 7.77. The highest BCUT2D eigenvalue weighted by molar-refractivity contribution is 6.02. The van der Waals surface area contributed by atoms with Crippen molar-refractivity contribution in [2.24, 2.45) is 5.10 Å². The molecule has 2 aliphatic rings. The molecule has 2 aromatic carbocycles. The number of benzene rings is 2. The van der Waals surface area contributed by atoms with Gasteiger partial charge in [-0.1, -0.05) is 24.3 Å². The van der Waals surface area contributed by atoms with E-state index in [4.69, 9.17) is 19.6 Å². The summed E-state index contributed by atoms with van der Waals surface area (Å²) in [4.78, 5) is 23.4. The van der Waals surface area contributed by atoms with Gasteiger partial charge in [-0.3, -0.25) is 9.69 Å². The molecular formula is C23H25N5O3. The van der Waals surface area contributed by atoms with Crippen molar-refractivity contribution >= 4 is 22.7 Å². The number of ether oxygens (including phenoxy) is 2. The van der Waals surface area contributed by atoms with Crippen molar-refractivity contribution in [1.82, 2.24) is 19.9 Å². The number of carbonyl (C=O) groups is 1. The van der Waals surface area contributed by atoms with Gasteiger partial charge in [-0.25, -0.2) is 9.99 Å². The lowest BCUT2D eigenvalue weighted by Crippen LogP contribution is -2.43. The zero-order valence-electron chi connectivity index (χ0n) is 17.5. The van der Waals surface area contributed by atoms with Gasteiger partial charge >= 0.3 is 0 Å². The molecule has 1 fully saturated rings. The monoisotopic (exact) mass is 419 g/mol. The van der Waals surface area contributed by atoms with Gasteiger partial charge in [0.15, 0.2) is 5.82 Å². The van der Waals surface area contributed by atoms with Gasteiger partial charge < -0.3 is 14.5 Å². The average molecular weight is 419 g/mol. The normalized spacial score (nSPS) is 19.6. The number of H-pyrrole nitrogens is 1. The zero-order valence-corrected chi connectivity index (χ0v) is 17.5. The lowest BCUT2D eigenvalue weighted by Gasteiger charge is -2.29. The predicted molar refractivity (Wildman–Crippen MR) is 117 cm³/mol. The summed E-state index contributed by atoms with van der Waals surface area (Å²) in [6, 6.07) is 15.5. The second kappa shape index (κ2) is 8.49. The van der Waals surface area contributed by atoms with Crippen LogP contribution in [0.15, 0.2) is 53.6 Å². The Morgan fingerprint density at radius 3 is 2.84 bits per heavy atom. The van der Waals surface area contributed by atoms with Crippen molar-refractivity contribution in [3.05, 3.63) is 59.9 Å². The highest BCUT2D eigenvalue weighted by Crippen LogP contribution is 2.34. The number of methoxy groups -OCH3 is 1. The molecule has 0 spiro atoms. The van der Waals surface area contributed by atoms with E-state index in [-0.39, 0.29) is 11.9 Å². The maximum atomic E-state index is 13.3. The molecule has 1 aromatic heterocycles. The molecule has 1 atom stereocenters. The fourth-order valence-corrected chi connectivity index (χ4v) is 4.10. The van der Waals surface area contributed by atoms with Crippen LogP contribution in [-0.2, 0) is 9.53 Å². The van der Waals surface area contributed by atoms with E-state index in [1.807, 2.05) is 48.5 Å². The van der Waals surface area contributed by atoms with Crippen molar-refractivity contribution < 1.29 is 14.3 Å². The Morgan fingerprint density at radius 1 is 1.19 bits per heavy atom. The standard InChI is InChI=1S/C23H25N5O3/c1-30-17-6-4-5-16(13-17)21-14-20(23-24-18-7-2-3-8-19(18)25-23)26-28(21)22(29)15-27-9-11-31-12-10-27/h2-8,13,21H,9-12,14-15H2,1H3,(H,24,25). The number of hydrogen-bond donors (Lipinski definition) is 1. The first-order chi connectivity index (χ1) is 15.2. The Labute approximate surface area is 180 Å². The molecule has 8 heteroatoms. The fourth-order valence-electron chi connectivity index (χ4n) is 4.10. The third-order valence-electron chi connectivity index (χ3n) is 5.77. The van der Waals surface area contributed by atoms with E-state index in [2.05, 4.69) is 9.88 Å². The number of aromatic amines is 1. The lowest BCUT2D eigenvalue weighted by atomic mass is 10.0. The quantitative estimate of drug-likeness (QED) is 0.687. The first-order valence-electron chi connectivity index (χ1n) is 10.5. The van der Waals surface area contributed by atoms with Crippen molar-refractivity contribution in [2.75, 3.05) is 40.0 Å². The van der Waals surface area contributed by atoms with Crippen molar-refractivity contribution in [1.29, 1.82) is 0 Å². The molecule has 0 bridgehead atoms. The highest BCUT2D eigenvalue weighted by atomic mass is 16.5. The first kappa shape index (κ1) is 19.7. The maximum Gasteiger partial charge on any atom is 0.257 e. The Hall–Kier alpha value is -3.23. The molecule has 31 heavy (non-hydrogen) atoms. The van der Waals surface area contributed by atoms with Crippen molar-refractivity contribution in [3.8, 4) is 5.75 Å². The number of fused-ring (bicyclic) bond motifs is 1. The summed E-state index contributed by atoms with van der Waals surface area (Å²) in [5.74, 6) is 1.44. The number of nitrogens with zero attached hydrogens (tertiary/aromatic N) is 4. The molecule has 1 amide bonds. The van der Waals surface area contributed by atoms with Gasteiger partial charge in [0.05, 0.1) is 43.9 Å².